The van der Waals surface area contributed by atoms with E-state index in [1.165, 1.54) is 51.4 Å². The number of rotatable bonds is 3. The summed E-state index contributed by atoms with van der Waals surface area (Å²) >= 11 is 1.73. The van der Waals surface area contributed by atoms with Crippen LogP contribution in [0.1, 0.15) is 72.1 Å². The predicted octanol–water partition coefficient (Wildman–Crippen LogP) is 4.04. The first-order valence-corrected chi connectivity index (χ1v) is 16.6. The predicted molar refractivity (Wildman–Crippen MR) is 134 cm³/mol. The third-order valence-electron chi connectivity index (χ3n) is 6.40. The standard InChI is InChI=1S/C22H29Si.3C2H5O.Zr/c1-23(2)15-22(20-13-11-16-7-3-5-9-18(16)20)21-14-12-17-8-4-6-10-19(17)21;3*1-2-3;/h11-15,20-21H,3-10H2,1-2H3;3*2H2,1H3;/q;3*-1;+3. The Labute approximate surface area is 219 Å². The van der Waals surface area contributed by atoms with E-state index in [1.54, 1.807) is 56.6 Å². The molecule has 0 saturated carbocycles. The summed E-state index contributed by atoms with van der Waals surface area (Å²) < 4.78 is 0.375. The number of hydrogen-bond donors (Lipinski definition) is 0. The van der Waals surface area contributed by atoms with Crippen molar-refractivity contribution < 1.29 is 40.0 Å². The first-order valence-electron chi connectivity index (χ1n) is 12.8. The second kappa shape index (κ2) is 16.5. The molecule has 4 aliphatic carbocycles. The van der Waals surface area contributed by atoms with Crippen molar-refractivity contribution in [3.8, 4) is 0 Å². The minimum absolute atomic E-state index is 0. The van der Waals surface area contributed by atoms with Crippen LogP contribution in [0.5, 0.6) is 0 Å². The van der Waals surface area contributed by atoms with Crippen molar-refractivity contribution in [2.45, 2.75) is 88.4 Å². The molecule has 0 N–H and O–H groups in total. The van der Waals surface area contributed by atoms with Gasteiger partial charge < -0.3 is 15.3 Å². The molecule has 0 aliphatic heterocycles. The molecule has 0 saturated heterocycles. The third kappa shape index (κ3) is 8.76. The van der Waals surface area contributed by atoms with Gasteiger partial charge in [-0.2, -0.15) is 0 Å². The Kier molecular flexibility index (Phi) is 15.4. The van der Waals surface area contributed by atoms with Crippen LogP contribution in [0.3, 0.4) is 0 Å². The Morgan fingerprint density at radius 1 is 0.788 bits per heavy atom. The molecule has 0 bridgehead atoms. The van der Waals surface area contributed by atoms with Crippen LogP contribution in [0.15, 0.2) is 46.6 Å². The summed E-state index contributed by atoms with van der Waals surface area (Å²) in [5.41, 5.74) is 9.86. The van der Waals surface area contributed by atoms with Gasteiger partial charge >= 0.3 is 165 Å². The van der Waals surface area contributed by atoms with Crippen LogP contribution in [0.4, 0.5) is 0 Å². The Balaban J connectivity index is 0.000000528. The molecule has 5 heteroatoms. The summed E-state index contributed by atoms with van der Waals surface area (Å²) in [5, 5.41) is 26.8. The van der Waals surface area contributed by atoms with Crippen LogP contribution in [0, 0.1) is 11.8 Å². The molecular weight excluding hydrogens is 504 g/mol. The van der Waals surface area contributed by atoms with E-state index in [1.807, 2.05) is 11.1 Å². The van der Waals surface area contributed by atoms with E-state index in [2.05, 4.69) is 43.1 Å². The van der Waals surface area contributed by atoms with Gasteiger partial charge in [0, 0.05) is 0 Å². The van der Waals surface area contributed by atoms with Crippen LogP contribution < -0.4 is 15.3 Å². The Bertz CT molecular complexity index is 691. The maximum atomic E-state index is 8.93. The minimum atomic E-state index is -0.354. The maximum absolute atomic E-state index is 8.93. The number of hydrogen-bond acceptors (Lipinski definition) is 3. The van der Waals surface area contributed by atoms with Crippen LogP contribution in [-0.2, 0) is 24.7 Å². The molecule has 0 fully saturated rings. The second-order valence-corrected chi connectivity index (χ2v) is 13.8. The van der Waals surface area contributed by atoms with Gasteiger partial charge in [-0.15, -0.1) is 19.8 Å². The van der Waals surface area contributed by atoms with Gasteiger partial charge in [-0.05, 0) is 0 Å². The van der Waals surface area contributed by atoms with Crippen molar-refractivity contribution in [2.24, 2.45) is 11.8 Å². The van der Waals surface area contributed by atoms with Gasteiger partial charge in [0.15, 0.2) is 0 Å². The van der Waals surface area contributed by atoms with Gasteiger partial charge in [0.2, 0.25) is 0 Å². The van der Waals surface area contributed by atoms with Crippen LogP contribution in [0.2, 0.25) is 16.2 Å². The zero-order valence-corrected chi connectivity index (χ0v) is 25.0. The average Bonchev–Trinajstić information content (AvgIpc) is 3.40. The van der Waals surface area contributed by atoms with Crippen molar-refractivity contribution >= 4 is 14.1 Å². The molecule has 4 rings (SSSR count). The van der Waals surface area contributed by atoms with Crippen molar-refractivity contribution in [3.05, 3.63) is 46.6 Å². The van der Waals surface area contributed by atoms with Crippen LogP contribution in [0.25, 0.3) is 0 Å². The molecule has 0 spiro atoms. The van der Waals surface area contributed by atoms with E-state index >= 15 is 0 Å². The second-order valence-electron chi connectivity index (χ2n) is 9.21. The van der Waals surface area contributed by atoms with Crippen molar-refractivity contribution in [1.29, 1.82) is 0 Å². The fraction of sp³-hybridized carbons (Fsp3) is 0.679. The summed E-state index contributed by atoms with van der Waals surface area (Å²) in [4.78, 5) is 0. The van der Waals surface area contributed by atoms with E-state index in [0.29, 0.717) is 15.0 Å². The fourth-order valence-corrected chi connectivity index (χ4v) is 10.2. The zero-order valence-electron chi connectivity index (χ0n) is 21.5. The summed E-state index contributed by atoms with van der Waals surface area (Å²) in [6, 6.07) is 0. The third-order valence-corrected chi connectivity index (χ3v) is 10.0. The SMILES string of the molecule is CC[O-].CC[O-].CC[O-].C[Si](C)=C[C]([Zr+3])(C1C=CC2=C1CCCC2)C1C=CC2=C1CCCC2. The molecule has 0 aromatic heterocycles. The quantitative estimate of drug-likeness (QED) is 0.501. The molecule has 4 aliphatic rings. The molecular formula is C28H44O3SiZr. The molecule has 0 aromatic carbocycles. The van der Waals surface area contributed by atoms with Gasteiger partial charge in [0.25, 0.3) is 0 Å². The van der Waals surface area contributed by atoms with Gasteiger partial charge in [0.05, 0.1) is 0 Å². The summed E-state index contributed by atoms with van der Waals surface area (Å²) in [6.07, 6.45) is 21.2. The molecule has 0 amide bonds. The molecule has 0 heterocycles. The Morgan fingerprint density at radius 2 is 1.12 bits per heavy atom. The van der Waals surface area contributed by atoms with Gasteiger partial charge in [0.1, 0.15) is 0 Å². The van der Waals surface area contributed by atoms with E-state index in [9.17, 15) is 0 Å². The van der Waals surface area contributed by atoms with Gasteiger partial charge in [-0.25, -0.2) is 0 Å². The Hall–Kier alpha value is -0.190. The van der Waals surface area contributed by atoms with Crippen molar-refractivity contribution in [1.82, 2.24) is 0 Å². The summed E-state index contributed by atoms with van der Waals surface area (Å²) in [6.45, 7) is 9.67. The van der Waals surface area contributed by atoms with Gasteiger partial charge in [-0.1, -0.05) is 20.8 Å². The first-order chi connectivity index (χ1) is 15.8. The van der Waals surface area contributed by atoms with E-state index in [0.717, 1.165) is 0 Å². The molecule has 3 nitrogen and oxygen atoms in total. The number of allylic oxidation sites excluding steroid dienone is 8. The van der Waals surface area contributed by atoms with E-state index < -0.39 is 0 Å². The van der Waals surface area contributed by atoms with Crippen LogP contribution in [-0.4, -0.2) is 33.9 Å². The first kappa shape index (κ1) is 30.8. The molecule has 33 heavy (non-hydrogen) atoms. The molecule has 0 aromatic rings. The zero-order chi connectivity index (χ0) is 24.9. The molecule has 2 atom stereocenters. The Morgan fingerprint density at radius 3 is 1.45 bits per heavy atom. The van der Waals surface area contributed by atoms with Crippen LogP contribution >= 0.6 is 0 Å². The van der Waals surface area contributed by atoms with Crippen molar-refractivity contribution in [3.63, 3.8) is 0 Å². The molecule has 0 radical (unpaired) electrons. The van der Waals surface area contributed by atoms with E-state index in [4.69, 9.17) is 15.3 Å². The average molecular weight is 548 g/mol. The summed E-state index contributed by atoms with van der Waals surface area (Å²) in [7, 11) is -0.354. The molecule has 182 valence electrons. The van der Waals surface area contributed by atoms with Gasteiger partial charge in [-0.3, -0.25) is 0 Å². The fourth-order valence-electron chi connectivity index (χ4n) is 5.40. The van der Waals surface area contributed by atoms with E-state index in [-0.39, 0.29) is 28.2 Å². The summed E-state index contributed by atoms with van der Waals surface area (Å²) in [5.74, 6) is 1.38. The normalized spacial score (nSPS) is 24.3. The topological polar surface area (TPSA) is 69.2 Å². The van der Waals surface area contributed by atoms with Crippen molar-refractivity contribution in [2.75, 3.05) is 19.8 Å². The monoisotopic (exact) mass is 546 g/mol. The molecule has 2 unspecified atom stereocenters.